The molecule has 74 valence electrons. The molecule has 0 fully saturated rings. The van der Waals surface area contributed by atoms with Crippen LogP contribution >= 0.6 is 15.9 Å². The van der Waals surface area contributed by atoms with Gasteiger partial charge in [-0.2, -0.15) is 5.26 Å². The molecule has 1 unspecified atom stereocenters. The lowest BCUT2D eigenvalue weighted by Crippen LogP contribution is -2.27. The van der Waals surface area contributed by atoms with Crippen molar-refractivity contribution in [3.8, 4) is 6.07 Å². The van der Waals surface area contributed by atoms with Crippen molar-refractivity contribution in [2.24, 2.45) is 5.92 Å². The highest BCUT2D eigenvalue weighted by atomic mass is 79.9. The van der Waals surface area contributed by atoms with Crippen LogP contribution in [0, 0.1) is 17.2 Å². The predicted octanol–water partition coefficient (Wildman–Crippen LogP) is 1.83. The van der Waals surface area contributed by atoms with Crippen molar-refractivity contribution in [1.29, 1.82) is 5.26 Å². The summed E-state index contributed by atoms with van der Waals surface area (Å²) in [7, 11) is 0. The number of unbranched alkanes of at least 4 members (excludes halogenated alkanes) is 1. The first-order valence-electron chi connectivity index (χ1n) is 4.43. The van der Waals surface area contributed by atoms with Gasteiger partial charge in [0.1, 0.15) is 0 Å². The first-order chi connectivity index (χ1) is 6.20. The number of amides is 1. The number of halogens is 1. The molecule has 0 bridgehead atoms. The molecule has 0 radical (unpaired) electrons. The monoisotopic (exact) mass is 246 g/mol. The number of rotatable bonds is 6. The smallest absolute Gasteiger partial charge is 0.220 e. The Hall–Kier alpha value is -0.560. The summed E-state index contributed by atoms with van der Waals surface area (Å²) in [4.78, 5) is 11.1. The molecule has 0 aromatic heterocycles. The fourth-order valence-corrected chi connectivity index (χ4v) is 1.18. The van der Waals surface area contributed by atoms with E-state index in [1.807, 2.05) is 0 Å². The summed E-state index contributed by atoms with van der Waals surface area (Å²) in [5, 5.41) is 12.1. The molecule has 13 heavy (non-hydrogen) atoms. The van der Waals surface area contributed by atoms with Crippen LogP contribution in [-0.4, -0.2) is 17.8 Å². The highest BCUT2D eigenvalue weighted by Crippen LogP contribution is 1.98. The zero-order chi connectivity index (χ0) is 10.1. The molecule has 4 heteroatoms. The van der Waals surface area contributed by atoms with E-state index in [2.05, 4.69) is 27.3 Å². The summed E-state index contributed by atoms with van der Waals surface area (Å²) in [5.74, 6) is -0.0526. The van der Waals surface area contributed by atoms with Crippen molar-refractivity contribution in [1.82, 2.24) is 5.32 Å². The molecular weight excluding hydrogens is 232 g/mol. The molecule has 0 rings (SSSR count). The lowest BCUT2D eigenvalue weighted by atomic mass is 10.2. The third-order valence-corrected chi connectivity index (χ3v) is 2.17. The minimum absolute atomic E-state index is 0.0445. The van der Waals surface area contributed by atoms with E-state index in [1.165, 1.54) is 0 Å². The number of alkyl halides is 1. The number of nitriles is 1. The minimum Gasteiger partial charge on any atom is -0.355 e. The molecule has 0 saturated carbocycles. The maximum Gasteiger partial charge on any atom is 0.220 e. The van der Waals surface area contributed by atoms with Crippen molar-refractivity contribution in [3.05, 3.63) is 0 Å². The second kappa shape index (κ2) is 8.06. The van der Waals surface area contributed by atoms with Crippen LogP contribution in [-0.2, 0) is 4.79 Å². The number of hydrogen-bond acceptors (Lipinski definition) is 2. The quantitative estimate of drug-likeness (QED) is 0.575. The second-order valence-electron chi connectivity index (χ2n) is 2.98. The van der Waals surface area contributed by atoms with Crippen molar-refractivity contribution in [2.45, 2.75) is 26.2 Å². The van der Waals surface area contributed by atoms with Crippen LogP contribution in [0.5, 0.6) is 0 Å². The normalized spacial score (nSPS) is 11.8. The lowest BCUT2D eigenvalue weighted by Gasteiger charge is -2.05. The highest BCUT2D eigenvalue weighted by Gasteiger charge is 2.03. The largest absolute Gasteiger partial charge is 0.355 e. The number of nitrogens with one attached hydrogen (secondary N) is 1. The van der Waals surface area contributed by atoms with Gasteiger partial charge in [0.05, 0.1) is 12.0 Å². The average Bonchev–Trinajstić information content (AvgIpc) is 2.14. The van der Waals surface area contributed by atoms with E-state index >= 15 is 0 Å². The van der Waals surface area contributed by atoms with Crippen LogP contribution in [0.1, 0.15) is 26.2 Å². The molecule has 0 saturated heterocycles. The molecule has 3 nitrogen and oxygen atoms in total. The van der Waals surface area contributed by atoms with E-state index in [0.717, 1.165) is 18.2 Å². The Morgan fingerprint density at radius 2 is 2.31 bits per heavy atom. The van der Waals surface area contributed by atoms with Crippen molar-refractivity contribution < 1.29 is 4.79 Å². The minimum atomic E-state index is -0.0971. The summed E-state index contributed by atoms with van der Waals surface area (Å²) in [6.45, 7) is 2.25. The molecule has 1 N–H and O–H groups in total. The van der Waals surface area contributed by atoms with Crippen LogP contribution in [0.3, 0.4) is 0 Å². The Labute approximate surface area is 87.6 Å². The van der Waals surface area contributed by atoms with Gasteiger partial charge in [-0.3, -0.25) is 4.79 Å². The molecule has 1 amide bonds. The Bertz CT molecular complexity index is 189. The van der Waals surface area contributed by atoms with Gasteiger partial charge in [0.2, 0.25) is 5.91 Å². The maximum absolute atomic E-state index is 11.1. The first-order valence-corrected chi connectivity index (χ1v) is 5.55. The van der Waals surface area contributed by atoms with Gasteiger partial charge >= 0.3 is 0 Å². The van der Waals surface area contributed by atoms with Gasteiger partial charge < -0.3 is 5.32 Å². The summed E-state index contributed by atoms with van der Waals surface area (Å²) < 4.78 is 0. The van der Waals surface area contributed by atoms with Crippen LogP contribution < -0.4 is 5.32 Å². The fourth-order valence-electron chi connectivity index (χ4n) is 0.781. The third kappa shape index (κ3) is 7.79. The second-order valence-corrected chi connectivity index (χ2v) is 3.77. The molecule has 0 aliphatic heterocycles. The zero-order valence-electron chi connectivity index (χ0n) is 7.85. The van der Waals surface area contributed by atoms with Gasteiger partial charge in [0.15, 0.2) is 0 Å². The average molecular weight is 247 g/mol. The molecule has 1 atom stereocenters. The molecule has 0 aromatic carbocycles. The molecular formula is C9H15BrN2O. The van der Waals surface area contributed by atoms with E-state index < -0.39 is 0 Å². The molecule has 0 aromatic rings. The van der Waals surface area contributed by atoms with Crippen LogP contribution in [0.25, 0.3) is 0 Å². The highest BCUT2D eigenvalue weighted by molar-refractivity contribution is 9.09. The first kappa shape index (κ1) is 12.4. The van der Waals surface area contributed by atoms with Gasteiger partial charge in [0.25, 0.3) is 0 Å². The van der Waals surface area contributed by atoms with E-state index in [4.69, 9.17) is 5.26 Å². The van der Waals surface area contributed by atoms with Crippen molar-refractivity contribution >= 4 is 21.8 Å². The van der Waals surface area contributed by atoms with Crippen LogP contribution in [0.4, 0.5) is 0 Å². The Morgan fingerprint density at radius 1 is 1.62 bits per heavy atom. The van der Waals surface area contributed by atoms with Gasteiger partial charge in [0, 0.05) is 18.3 Å². The van der Waals surface area contributed by atoms with Gasteiger partial charge in [-0.05, 0) is 19.8 Å². The van der Waals surface area contributed by atoms with Gasteiger partial charge in [-0.15, -0.1) is 0 Å². The topological polar surface area (TPSA) is 52.9 Å². The summed E-state index contributed by atoms with van der Waals surface area (Å²) in [5.41, 5.74) is 0. The molecule has 0 heterocycles. The SMILES string of the molecule is CC(C#N)CNC(=O)CCCCBr. The maximum atomic E-state index is 11.1. The third-order valence-electron chi connectivity index (χ3n) is 1.61. The van der Waals surface area contributed by atoms with E-state index in [-0.39, 0.29) is 11.8 Å². The Balaban J connectivity index is 3.36. The Kier molecular flexibility index (Phi) is 7.71. The standard InChI is InChI=1S/C9H15BrN2O/c1-8(6-11)7-12-9(13)4-2-3-5-10/h8H,2-5,7H2,1H3,(H,12,13). The van der Waals surface area contributed by atoms with E-state index in [1.54, 1.807) is 6.92 Å². The summed E-state index contributed by atoms with van der Waals surface area (Å²) in [6, 6.07) is 2.07. The van der Waals surface area contributed by atoms with Crippen LogP contribution in [0.15, 0.2) is 0 Å². The summed E-state index contributed by atoms with van der Waals surface area (Å²) in [6.07, 6.45) is 2.48. The number of nitrogens with zero attached hydrogens (tertiary/aromatic N) is 1. The lowest BCUT2D eigenvalue weighted by molar-refractivity contribution is -0.121. The number of carbonyl (C=O) groups excluding carboxylic acids is 1. The zero-order valence-corrected chi connectivity index (χ0v) is 9.43. The number of hydrogen-bond donors (Lipinski definition) is 1. The predicted molar refractivity (Wildman–Crippen MR) is 55.4 cm³/mol. The molecule has 0 aliphatic rings. The van der Waals surface area contributed by atoms with E-state index in [9.17, 15) is 4.79 Å². The fraction of sp³-hybridized carbons (Fsp3) is 0.778. The Morgan fingerprint density at radius 3 is 2.85 bits per heavy atom. The van der Waals surface area contributed by atoms with Crippen LogP contribution in [0.2, 0.25) is 0 Å². The molecule has 0 spiro atoms. The van der Waals surface area contributed by atoms with Crippen molar-refractivity contribution in [3.63, 3.8) is 0 Å². The molecule has 0 aliphatic carbocycles. The number of carbonyl (C=O) groups is 1. The van der Waals surface area contributed by atoms with Gasteiger partial charge in [-0.25, -0.2) is 0 Å². The van der Waals surface area contributed by atoms with E-state index in [0.29, 0.717) is 13.0 Å². The van der Waals surface area contributed by atoms with Gasteiger partial charge in [-0.1, -0.05) is 15.9 Å². The van der Waals surface area contributed by atoms with Crippen molar-refractivity contribution in [2.75, 3.05) is 11.9 Å². The summed E-state index contributed by atoms with van der Waals surface area (Å²) >= 11 is 3.30.